The third-order valence-electron chi connectivity index (χ3n) is 3.36. The Bertz CT molecular complexity index is 756. The van der Waals surface area contributed by atoms with Crippen LogP contribution >= 0.6 is 0 Å². The Hall–Kier alpha value is -2.58. The average Bonchev–Trinajstić information content (AvgIpc) is 2.53. The fraction of sp³-hybridized carbons (Fsp3) is 0.294. The maximum Gasteiger partial charge on any atom is 0.227 e. The van der Waals surface area contributed by atoms with Crippen LogP contribution in [0.2, 0.25) is 0 Å². The SMILES string of the molecule is CC(C)(C#N)c1ccccc1COc1coc(CO)cc1=O. The highest BCUT2D eigenvalue weighted by Gasteiger charge is 2.23. The highest BCUT2D eigenvalue weighted by atomic mass is 16.5. The Morgan fingerprint density at radius 1 is 1.36 bits per heavy atom. The van der Waals surface area contributed by atoms with Gasteiger partial charge in [0, 0.05) is 6.07 Å². The standard InChI is InChI=1S/C17H17NO4/c1-17(2,11-18)14-6-4-3-5-12(14)9-22-16-10-21-13(8-19)7-15(16)20/h3-7,10,19H,8-9H2,1-2H3. The molecule has 0 spiro atoms. The molecule has 1 N–H and O–H groups in total. The number of nitriles is 1. The van der Waals surface area contributed by atoms with Crippen molar-refractivity contribution in [2.75, 3.05) is 0 Å². The number of benzene rings is 1. The largest absolute Gasteiger partial charge is 0.482 e. The molecule has 2 rings (SSSR count). The van der Waals surface area contributed by atoms with E-state index in [0.29, 0.717) is 0 Å². The van der Waals surface area contributed by atoms with Crippen LogP contribution in [0.4, 0.5) is 0 Å². The Morgan fingerprint density at radius 2 is 2.09 bits per heavy atom. The zero-order valence-electron chi connectivity index (χ0n) is 12.5. The van der Waals surface area contributed by atoms with Gasteiger partial charge in [0.05, 0.1) is 11.5 Å². The Morgan fingerprint density at radius 3 is 2.73 bits per heavy atom. The zero-order valence-corrected chi connectivity index (χ0v) is 12.5. The molecule has 1 aromatic heterocycles. The van der Waals surface area contributed by atoms with Gasteiger partial charge in [0.1, 0.15) is 25.2 Å². The molecule has 1 aromatic carbocycles. The molecule has 0 aliphatic rings. The second-order valence-electron chi connectivity index (χ2n) is 5.42. The summed E-state index contributed by atoms with van der Waals surface area (Å²) in [6, 6.07) is 10.9. The van der Waals surface area contributed by atoms with E-state index < -0.39 is 5.41 Å². The van der Waals surface area contributed by atoms with E-state index in [1.54, 1.807) is 0 Å². The third-order valence-corrected chi connectivity index (χ3v) is 3.36. The van der Waals surface area contributed by atoms with Gasteiger partial charge in [-0.05, 0) is 25.0 Å². The first-order valence-electron chi connectivity index (χ1n) is 6.83. The maximum absolute atomic E-state index is 11.8. The van der Waals surface area contributed by atoms with E-state index in [4.69, 9.17) is 14.3 Å². The monoisotopic (exact) mass is 299 g/mol. The lowest BCUT2D eigenvalue weighted by molar-refractivity contribution is 0.236. The van der Waals surface area contributed by atoms with Crippen molar-refractivity contribution in [1.82, 2.24) is 0 Å². The summed E-state index contributed by atoms with van der Waals surface area (Å²) < 4.78 is 10.6. The summed E-state index contributed by atoms with van der Waals surface area (Å²) in [7, 11) is 0. The number of aliphatic hydroxyl groups is 1. The van der Waals surface area contributed by atoms with Crippen LogP contribution in [0.3, 0.4) is 0 Å². The fourth-order valence-corrected chi connectivity index (χ4v) is 2.10. The lowest BCUT2D eigenvalue weighted by atomic mass is 9.83. The summed E-state index contributed by atoms with van der Waals surface area (Å²) in [5.41, 5.74) is 0.687. The molecule has 1 heterocycles. The van der Waals surface area contributed by atoms with Crippen molar-refractivity contribution >= 4 is 0 Å². The van der Waals surface area contributed by atoms with E-state index >= 15 is 0 Å². The molecule has 5 heteroatoms. The minimum atomic E-state index is -0.647. The van der Waals surface area contributed by atoms with Gasteiger partial charge in [-0.3, -0.25) is 4.79 Å². The second kappa shape index (κ2) is 6.46. The molecule has 22 heavy (non-hydrogen) atoms. The van der Waals surface area contributed by atoms with Gasteiger partial charge < -0.3 is 14.3 Å². The Kier molecular flexibility index (Phi) is 4.64. The van der Waals surface area contributed by atoms with Crippen LogP contribution in [-0.2, 0) is 18.6 Å². The molecule has 0 unspecified atom stereocenters. The summed E-state index contributed by atoms with van der Waals surface area (Å²) in [6.07, 6.45) is 1.19. The number of hydrogen-bond acceptors (Lipinski definition) is 5. The van der Waals surface area contributed by atoms with Crippen LogP contribution in [0.25, 0.3) is 0 Å². The van der Waals surface area contributed by atoms with Crippen LogP contribution in [-0.4, -0.2) is 5.11 Å². The number of aliphatic hydroxyl groups excluding tert-OH is 1. The molecule has 5 nitrogen and oxygen atoms in total. The van der Waals surface area contributed by atoms with Crippen molar-refractivity contribution in [3.8, 4) is 11.8 Å². The van der Waals surface area contributed by atoms with Gasteiger partial charge in [-0.1, -0.05) is 24.3 Å². The van der Waals surface area contributed by atoms with Crippen LogP contribution in [0.15, 0.2) is 45.8 Å². The average molecular weight is 299 g/mol. The summed E-state index contributed by atoms with van der Waals surface area (Å²) in [5.74, 6) is 0.255. The summed E-state index contributed by atoms with van der Waals surface area (Å²) in [6.45, 7) is 3.48. The second-order valence-corrected chi connectivity index (χ2v) is 5.42. The van der Waals surface area contributed by atoms with Gasteiger partial charge in [0.15, 0.2) is 0 Å². The normalized spacial score (nSPS) is 11.0. The first-order chi connectivity index (χ1) is 10.5. The molecule has 0 saturated heterocycles. The molecule has 0 bridgehead atoms. The lowest BCUT2D eigenvalue weighted by Crippen LogP contribution is -2.18. The number of nitrogens with zero attached hydrogens (tertiary/aromatic N) is 1. The molecule has 0 atom stereocenters. The predicted octanol–water partition coefficient (Wildman–Crippen LogP) is 2.51. The van der Waals surface area contributed by atoms with Crippen LogP contribution in [0.1, 0.15) is 30.7 Å². The molecule has 0 aliphatic carbocycles. The Labute approximate surface area is 128 Å². The molecule has 0 radical (unpaired) electrons. The number of ether oxygens (including phenoxy) is 1. The van der Waals surface area contributed by atoms with Crippen LogP contribution < -0.4 is 10.2 Å². The fourth-order valence-electron chi connectivity index (χ4n) is 2.10. The highest BCUT2D eigenvalue weighted by molar-refractivity contribution is 5.37. The summed E-state index contributed by atoms with van der Waals surface area (Å²) >= 11 is 0. The van der Waals surface area contributed by atoms with Crippen molar-refractivity contribution in [1.29, 1.82) is 5.26 Å². The lowest BCUT2D eigenvalue weighted by Gasteiger charge is -2.20. The van der Waals surface area contributed by atoms with Crippen molar-refractivity contribution in [2.45, 2.75) is 32.5 Å². The quantitative estimate of drug-likeness (QED) is 0.917. The van der Waals surface area contributed by atoms with Gasteiger partial charge in [0.25, 0.3) is 0 Å². The minimum absolute atomic E-state index is 0.0711. The van der Waals surface area contributed by atoms with E-state index in [9.17, 15) is 10.1 Å². The van der Waals surface area contributed by atoms with E-state index in [-0.39, 0.29) is 30.2 Å². The predicted molar refractivity (Wildman–Crippen MR) is 80.3 cm³/mol. The topological polar surface area (TPSA) is 83.5 Å². The van der Waals surface area contributed by atoms with E-state index in [2.05, 4.69) is 6.07 Å². The molecule has 0 amide bonds. The minimum Gasteiger partial charge on any atom is -0.482 e. The van der Waals surface area contributed by atoms with Crippen molar-refractivity contribution in [3.63, 3.8) is 0 Å². The van der Waals surface area contributed by atoms with E-state index in [1.807, 2.05) is 38.1 Å². The van der Waals surface area contributed by atoms with E-state index in [1.165, 1.54) is 12.3 Å². The van der Waals surface area contributed by atoms with Gasteiger partial charge in [-0.15, -0.1) is 0 Å². The molecular formula is C17H17NO4. The molecule has 0 aliphatic heterocycles. The highest BCUT2D eigenvalue weighted by Crippen LogP contribution is 2.26. The molecular weight excluding hydrogens is 282 g/mol. The summed E-state index contributed by atoms with van der Waals surface area (Å²) in [4.78, 5) is 11.8. The first-order valence-corrected chi connectivity index (χ1v) is 6.83. The van der Waals surface area contributed by atoms with Gasteiger partial charge in [-0.2, -0.15) is 5.26 Å². The van der Waals surface area contributed by atoms with Crippen molar-refractivity contribution < 1.29 is 14.3 Å². The molecule has 2 aromatic rings. The number of hydrogen-bond donors (Lipinski definition) is 1. The van der Waals surface area contributed by atoms with Crippen molar-refractivity contribution in [2.24, 2.45) is 0 Å². The number of rotatable bonds is 5. The van der Waals surface area contributed by atoms with Crippen LogP contribution in [0.5, 0.6) is 5.75 Å². The van der Waals surface area contributed by atoms with Crippen molar-refractivity contribution in [3.05, 3.63) is 63.7 Å². The van der Waals surface area contributed by atoms with Gasteiger partial charge in [-0.25, -0.2) is 0 Å². The van der Waals surface area contributed by atoms with Gasteiger partial charge in [0.2, 0.25) is 11.2 Å². The zero-order chi connectivity index (χ0) is 16.2. The maximum atomic E-state index is 11.8. The molecule has 114 valence electrons. The van der Waals surface area contributed by atoms with Crippen LogP contribution in [0, 0.1) is 11.3 Å². The Balaban J connectivity index is 2.23. The smallest absolute Gasteiger partial charge is 0.227 e. The summed E-state index contributed by atoms with van der Waals surface area (Å²) in [5, 5.41) is 18.2. The third kappa shape index (κ3) is 3.35. The van der Waals surface area contributed by atoms with Gasteiger partial charge >= 0.3 is 0 Å². The first kappa shape index (κ1) is 15.8. The van der Waals surface area contributed by atoms with E-state index in [0.717, 1.165) is 11.1 Å². The molecule has 0 fully saturated rings. The molecule has 0 saturated carbocycles.